The van der Waals surface area contributed by atoms with E-state index in [1.165, 1.54) is 0 Å². The van der Waals surface area contributed by atoms with Crippen molar-refractivity contribution in [3.05, 3.63) is 34.9 Å². The van der Waals surface area contributed by atoms with Crippen LogP contribution in [0.1, 0.15) is 10.4 Å². The minimum atomic E-state index is -0.0903. The fraction of sp³-hybridized carbons (Fsp3) is 0.364. The van der Waals surface area contributed by atoms with Gasteiger partial charge >= 0.3 is 0 Å². The highest BCUT2D eigenvalue weighted by molar-refractivity contribution is 6.34. The third-order valence-corrected chi connectivity index (χ3v) is 2.56. The summed E-state index contributed by atoms with van der Waals surface area (Å²) in [6.45, 7) is 1.23. The molecule has 0 aromatic heterocycles. The van der Waals surface area contributed by atoms with Crippen molar-refractivity contribution >= 4 is 17.4 Å². The molecule has 1 aliphatic rings. The normalized spacial score (nSPS) is 16.1. The summed E-state index contributed by atoms with van der Waals surface area (Å²) in [5.41, 5.74) is 0.513. The van der Waals surface area contributed by atoms with Gasteiger partial charge in [0.2, 0.25) is 0 Å². The number of halogens is 1. The van der Waals surface area contributed by atoms with E-state index in [0.29, 0.717) is 23.8 Å². The maximum absolute atomic E-state index is 11.7. The lowest BCUT2D eigenvalue weighted by atomic mass is 10.1. The Bertz CT molecular complexity index is 361. The van der Waals surface area contributed by atoms with Crippen molar-refractivity contribution in [2.45, 2.75) is 6.10 Å². The Labute approximate surface area is 92.9 Å². The highest BCUT2D eigenvalue weighted by Crippen LogP contribution is 2.16. The highest BCUT2D eigenvalue weighted by atomic mass is 35.5. The average molecular weight is 227 g/mol. The fourth-order valence-corrected chi connectivity index (χ4v) is 1.51. The van der Waals surface area contributed by atoms with Gasteiger partial charge in [-0.15, -0.1) is 0 Å². The molecule has 1 aromatic rings. The third-order valence-electron chi connectivity index (χ3n) is 2.23. The van der Waals surface area contributed by atoms with Crippen LogP contribution in [0.25, 0.3) is 0 Å². The molecule has 15 heavy (non-hydrogen) atoms. The van der Waals surface area contributed by atoms with Gasteiger partial charge in [-0.1, -0.05) is 23.7 Å². The second-order valence-electron chi connectivity index (χ2n) is 3.37. The summed E-state index contributed by atoms with van der Waals surface area (Å²) in [5, 5.41) is 0.468. The molecule has 1 aromatic carbocycles. The first kappa shape index (κ1) is 10.6. The second kappa shape index (κ2) is 4.75. The summed E-state index contributed by atoms with van der Waals surface area (Å²) < 4.78 is 10.3. The summed E-state index contributed by atoms with van der Waals surface area (Å²) in [5.74, 6) is -0.0903. The Morgan fingerprint density at radius 2 is 2.20 bits per heavy atom. The molecule has 80 valence electrons. The number of hydrogen-bond donors (Lipinski definition) is 0. The van der Waals surface area contributed by atoms with Crippen molar-refractivity contribution in [1.29, 1.82) is 0 Å². The molecule has 3 nitrogen and oxygen atoms in total. The zero-order valence-corrected chi connectivity index (χ0v) is 8.87. The predicted octanol–water partition coefficient (Wildman–Crippen LogP) is 1.94. The molecule has 0 radical (unpaired) electrons. The van der Waals surface area contributed by atoms with Crippen molar-refractivity contribution in [2.24, 2.45) is 0 Å². The maximum atomic E-state index is 11.7. The van der Waals surface area contributed by atoms with Crippen LogP contribution in [-0.4, -0.2) is 31.7 Å². The molecular weight excluding hydrogens is 216 g/mol. The molecule has 1 heterocycles. The van der Waals surface area contributed by atoms with Gasteiger partial charge in [-0.2, -0.15) is 0 Å². The highest BCUT2D eigenvalue weighted by Gasteiger charge is 2.20. The van der Waals surface area contributed by atoms with Crippen molar-refractivity contribution in [3.63, 3.8) is 0 Å². The van der Waals surface area contributed by atoms with Crippen molar-refractivity contribution in [3.8, 4) is 0 Å². The maximum Gasteiger partial charge on any atom is 0.189 e. The van der Waals surface area contributed by atoms with Gasteiger partial charge in [0.25, 0.3) is 0 Å². The van der Waals surface area contributed by atoms with Gasteiger partial charge in [-0.05, 0) is 12.1 Å². The first-order valence-electron chi connectivity index (χ1n) is 4.74. The van der Waals surface area contributed by atoms with Crippen LogP contribution < -0.4 is 0 Å². The molecule has 0 spiro atoms. The van der Waals surface area contributed by atoms with E-state index >= 15 is 0 Å². The Morgan fingerprint density at radius 1 is 1.47 bits per heavy atom. The number of ketones is 1. The quantitative estimate of drug-likeness (QED) is 0.736. The molecule has 0 atom stereocenters. The van der Waals surface area contributed by atoms with E-state index in [2.05, 4.69) is 0 Å². The molecule has 0 bridgehead atoms. The summed E-state index contributed by atoms with van der Waals surface area (Å²) in [7, 11) is 0. The standard InChI is InChI=1S/C11H11ClO3/c12-10-4-2-1-3-9(10)11(13)7-15-8-5-14-6-8/h1-4,8H,5-7H2. The minimum absolute atomic E-state index is 0.0661. The van der Waals surface area contributed by atoms with Crippen LogP contribution in [0, 0.1) is 0 Å². The van der Waals surface area contributed by atoms with Gasteiger partial charge < -0.3 is 9.47 Å². The molecule has 0 N–H and O–H groups in total. The monoisotopic (exact) mass is 226 g/mol. The molecule has 4 heteroatoms. The minimum Gasteiger partial charge on any atom is -0.376 e. The van der Waals surface area contributed by atoms with Crippen LogP contribution >= 0.6 is 11.6 Å². The number of Topliss-reactive ketones (excluding diaryl/α,β-unsaturated/α-hetero) is 1. The van der Waals surface area contributed by atoms with Gasteiger partial charge in [0.1, 0.15) is 12.7 Å². The molecule has 0 unspecified atom stereocenters. The third kappa shape index (κ3) is 2.56. The number of benzene rings is 1. The molecule has 0 saturated carbocycles. The van der Waals surface area contributed by atoms with Gasteiger partial charge in [-0.25, -0.2) is 0 Å². The predicted molar refractivity (Wildman–Crippen MR) is 56.3 cm³/mol. The van der Waals surface area contributed by atoms with E-state index in [9.17, 15) is 4.79 Å². The molecule has 2 rings (SSSR count). The summed E-state index contributed by atoms with van der Waals surface area (Å²) in [6.07, 6.45) is 0.0661. The van der Waals surface area contributed by atoms with Crippen molar-refractivity contribution in [1.82, 2.24) is 0 Å². The number of ether oxygens (including phenoxy) is 2. The second-order valence-corrected chi connectivity index (χ2v) is 3.78. The number of carbonyl (C=O) groups is 1. The van der Waals surface area contributed by atoms with E-state index in [-0.39, 0.29) is 18.5 Å². The number of carbonyl (C=O) groups excluding carboxylic acids is 1. The first-order chi connectivity index (χ1) is 7.27. The van der Waals surface area contributed by atoms with E-state index in [1.807, 2.05) is 0 Å². The van der Waals surface area contributed by atoms with Crippen molar-refractivity contribution in [2.75, 3.05) is 19.8 Å². The molecule has 1 aliphatic heterocycles. The van der Waals surface area contributed by atoms with Crippen LogP contribution in [0.3, 0.4) is 0 Å². The summed E-state index contributed by atoms with van der Waals surface area (Å²) in [6, 6.07) is 6.97. The zero-order chi connectivity index (χ0) is 10.7. The first-order valence-corrected chi connectivity index (χ1v) is 5.12. The molecular formula is C11H11ClO3. The molecule has 1 saturated heterocycles. The van der Waals surface area contributed by atoms with Gasteiger partial charge in [0.05, 0.1) is 18.2 Å². The zero-order valence-electron chi connectivity index (χ0n) is 8.11. The van der Waals surface area contributed by atoms with Crippen LogP contribution in [-0.2, 0) is 9.47 Å². The van der Waals surface area contributed by atoms with Crippen LogP contribution in [0.4, 0.5) is 0 Å². The SMILES string of the molecule is O=C(COC1COC1)c1ccccc1Cl. The Kier molecular flexibility index (Phi) is 3.36. The average Bonchev–Trinajstić information content (AvgIpc) is 2.16. The summed E-state index contributed by atoms with van der Waals surface area (Å²) in [4.78, 5) is 11.7. The molecule has 0 aliphatic carbocycles. The van der Waals surface area contributed by atoms with Crippen LogP contribution in [0.2, 0.25) is 5.02 Å². The van der Waals surface area contributed by atoms with E-state index in [4.69, 9.17) is 21.1 Å². The van der Waals surface area contributed by atoms with Gasteiger partial charge in [-0.3, -0.25) is 4.79 Å². The largest absolute Gasteiger partial charge is 0.376 e. The van der Waals surface area contributed by atoms with Gasteiger partial charge in [0, 0.05) is 5.56 Å². The number of hydrogen-bond acceptors (Lipinski definition) is 3. The smallest absolute Gasteiger partial charge is 0.189 e. The Hall–Kier alpha value is -0.900. The Morgan fingerprint density at radius 3 is 2.80 bits per heavy atom. The van der Waals surface area contributed by atoms with E-state index < -0.39 is 0 Å². The lowest BCUT2D eigenvalue weighted by Gasteiger charge is -2.25. The lowest BCUT2D eigenvalue weighted by molar-refractivity contribution is -0.123. The van der Waals surface area contributed by atoms with Crippen molar-refractivity contribution < 1.29 is 14.3 Å². The Balaban J connectivity index is 1.92. The van der Waals surface area contributed by atoms with E-state index in [0.717, 1.165) is 0 Å². The van der Waals surface area contributed by atoms with Crippen LogP contribution in [0.5, 0.6) is 0 Å². The summed E-state index contributed by atoms with van der Waals surface area (Å²) >= 11 is 5.88. The topological polar surface area (TPSA) is 35.5 Å². The molecule has 1 fully saturated rings. The number of rotatable bonds is 4. The molecule has 0 amide bonds. The van der Waals surface area contributed by atoms with E-state index in [1.54, 1.807) is 24.3 Å². The fourth-order valence-electron chi connectivity index (χ4n) is 1.27. The van der Waals surface area contributed by atoms with Gasteiger partial charge in [0.15, 0.2) is 5.78 Å². The lowest BCUT2D eigenvalue weighted by Crippen LogP contribution is -2.37. The van der Waals surface area contributed by atoms with Crippen LogP contribution in [0.15, 0.2) is 24.3 Å².